The first-order valence-electron chi connectivity index (χ1n) is 9.91. The summed E-state index contributed by atoms with van der Waals surface area (Å²) in [6, 6.07) is 14.2. The second-order valence-electron chi connectivity index (χ2n) is 8.55. The van der Waals surface area contributed by atoms with Gasteiger partial charge in [-0.15, -0.1) is 0 Å². The van der Waals surface area contributed by atoms with Gasteiger partial charge in [0.1, 0.15) is 11.6 Å². The molecule has 4 rings (SSSR count). The molecule has 1 saturated carbocycles. The smallest absolute Gasteiger partial charge is 0.426 e. The molecule has 0 amide bonds. The van der Waals surface area contributed by atoms with Crippen LogP contribution in [0.4, 0.5) is 13.2 Å². The molecular weight excluding hydrogens is 413 g/mol. The maximum absolute atomic E-state index is 12.7. The van der Waals surface area contributed by atoms with Crippen LogP contribution in [-0.2, 0) is 29.0 Å². The lowest BCUT2D eigenvalue weighted by Crippen LogP contribution is -2.13. The molecule has 6 heteroatoms. The Morgan fingerprint density at radius 3 is 2.57 bits per heavy atom. The molecule has 0 heterocycles. The van der Waals surface area contributed by atoms with Crippen molar-refractivity contribution in [2.75, 3.05) is 0 Å². The number of benzene rings is 2. The van der Waals surface area contributed by atoms with Gasteiger partial charge in [-0.3, -0.25) is 4.79 Å². The summed E-state index contributed by atoms with van der Waals surface area (Å²) in [4.78, 5) is 12.6. The SMILES string of the molecule is CC1(C)C(/C=C(\Cl)C(F)(F)F)C1C(=O)OCc1cccc2c1CCc1ccccc1-2. The third-order valence-corrected chi connectivity index (χ3v) is 6.70. The van der Waals surface area contributed by atoms with Crippen molar-refractivity contribution in [1.82, 2.24) is 0 Å². The van der Waals surface area contributed by atoms with Gasteiger partial charge in [-0.25, -0.2) is 0 Å². The highest BCUT2D eigenvalue weighted by atomic mass is 35.5. The number of halogens is 4. The van der Waals surface area contributed by atoms with Gasteiger partial charge < -0.3 is 4.74 Å². The number of allylic oxidation sites excluding steroid dienone is 2. The minimum absolute atomic E-state index is 0.111. The summed E-state index contributed by atoms with van der Waals surface area (Å²) < 4.78 is 43.8. The normalized spacial score (nSPS) is 22.1. The van der Waals surface area contributed by atoms with Gasteiger partial charge in [-0.1, -0.05) is 74.0 Å². The fraction of sp³-hybridized carbons (Fsp3) is 0.375. The fourth-order valence-electron chi connectivity index (χ4n) is 4.51. The molecule has 2 unspecified atom stereocenters. The number of carbonyl (C=O) groups is 1. The van der Waals surface area contributed by atoms with Crippen molar-refractivity contribution in [2.24, 2.45) is 17.3 Å². The Hall–Kier alpha value is -2.27. The molecule has 0 aromatic heterocycles. The number of carbonyl (C=O) groups excluding carboxylic acids is 1. The minimum Gasteiger partial charge on any atom is -0.461 e. The van der Waals surface area contributed by atoms with E-state index in [1.165, 1.54) is 11.1 Å². The van der Waals surface area contributed by atoms with E-state index in [1.54, 1.807) is 13.8 Å². The molecule has 2 nitrogen and oxygen atoms in total. The van der Waals surface area contributed by atoms with Gasteiger partial charge in [0.15, 0.2) is 0 Å². The molecule has 1 fully saturated rings. The van der Waals surface area contributed by atoms with Crippen LogP contribution >= 0.6 is 11.6 Å². The highest BCUT2D eigenvalue weighted by molar-refractivity contribution is 6.30. The summed E-state index contributed by atoms with van der Waals surface area (Å²) in [5.41, 5.74) is 5.13. The van der Waals surface area contributed by atoms with E-state index in [1.807, 2.05) is 24.3 Å². The maximum Gasteiger partial charge on any atom is 0.426 e. The van der Waals surface area contributed by atoms with Crippen LogP contribution in [0.5, 0.6) is 0 Å². The number of alkyl halides is 3. The quantitative estimate of drug-likeness (QED) is 0.517. The van der Waals surface area contributed by atoms with Crippen molar-refractivity contribution < 1.29 is 22.7 Å². The van der Waals surface area contributed by atoms with Crippen LogP contribution < -0.4 is 0 Å². The van der Waals surface area contributed by atoms with Crippen molar-refractivity contribution >= 4 is 17.6 Å². The lowest BCUT2D eigenvalue weighted by atomic mass is 9.83. The Balaban J connectivity index is 1.49. The Labute approximate surface area is 178 Å². The number of esters is 1. The molecule has 30 heavy (non-hydrogen) atoms. The first kappa shape index (κ1) is 21.0. The molecule has 158 valence electrons. The Morgan fingerprint density at radius 2 is 1.83 bits per heavy atom. The average molecular weight is 435 g/mol. The van der Waals surface area contributed by atoms with Gasteiger partial charge in [0.2, 0.25) is 0 Å². The maximum atomic E-state index is 12.7. The van der Waals surface area contributed by atoms with Crippen LogP contribution in [0.25, 0.3) is 11.1 Å². The Morgan fingerprint density at radius 1 is 1.13 bits per heavy atom. The molecule has 0 saturated heterocycles. The topological polar surface area (TPSA) is 26.3 Å². The second kappa shape index (κ2) is 7.45. The van der Waals surface area contributed by atoms with E-state index in [0.717, 1.165) is 35.6 Å². The predicted octanol–water partition coefficient (Wildman–Crippen LogP) is 6.45. The largest absolute Gasteiger partial charge is 0.461 e. The lowest BCUT2D eigenvalue weighted by molar-refractivity contribution is -0.147. The fourth-order valence-corrected chi connectivity index (χ4v) is 4.64. The number of fused-ring (bicyclic) bond motifs is 3. The molecule has 2 aliphatic rings. The summed E-state index contributed by atoms with van der Waals surface area (Å²) in [6.45, 7) is 3.62. The summed E-state index contributed by atoms with van der Waals surface area (Å²) in [5.74, 6) is -1.70. The van der Waals surface area contributed by atoms with Crippen LogP contribution in [0.15, 0.2) is 53.6 Å². The lowest BCUT2D eigenvalue weighted by Gasteiger charge is -2.22. The molecule has 0 aliphatic heterocycles. The summed E-state index contributed by atoms with van der Waals surface area (Å²) in [7, 11) is 0. The number of rotatable bonds is 4. The van der Waals surface area contributed by atoms with E-state index in [9.17, 15) is 18.0 Å². The van der Waals surface area contributed by atoms with Crippen LogP contribution in [0.1, 0.15) is 30.5 Å². The third kappa shape index (κ3) is 3.76. The van der Waals surface area contributed by atoms with Crippen LogP contribution in [0.2, 0.25) is 0 Å². The van der Waals surface area contributed by atoms with Gasteiger partial charge >= 0.3 is 12.1 Å². The van der Waals surface area contributed by atoms with E-state index in [2.05, 4.69) is 18.2 Å². The summed E-state index contributed by atoms with van der Waals surface area (Å²) in [6.07, 6.45) is -1.88. The van der Waals surface area contributed by atoms with Crippen LogP contribution in [-0.4, -0.2) is 12.1 Å². The van der Waals surface area contributed by atoms with E-state index in [-0.39, 0.29) is 6.61 Å². The first-order chi connectivity index (χ1) is 14.1. The third-order valence-electron chi connectivity index (χ3n) is 6.36. The number of hydrogen-bond donors (Lipinski definition) is 0. The second-order valence-corrected chi connectivity index (χ2v) is 8.95. The Bertz CT molecular complexity index is 1020. The van der Waals surface area contributed by atoms with Crippen molar-refractivity contribution in [3.05, 3.63) is 70.3 Å². The van der Waals surface area contributed by atoms with Gasteiger partial charge in [0, 0.05) is 0 Å². The number of aryl methyl sites for hydroxylation is 1. The zero-order valence-corrected chi connectivity index (χ0v) is 17.5. The Kier molecular flexibility index (Phi) is 5.21. The van der Waals surface area contributed by atoms with Crippen molar-refractivity contribution in [3.63, 3.8) is 0 Å². The average Bonchev–Trinajstić information content (AvgIpc) is 3.25. The van der Waals surface area contributed by atoms with Crippen LogP contribution in [0.3, 0.4) is 0 Å². The van der Waals surface area contributed by atoms with Gasteiger partial charge in [0.25, 0.3) is 0 Å². The minimum atomic E-state index is -4.60. The first-order valence-corrected chi connectivity index (χ1v) is 10.3. The molecule has 2 aliphatic carbocycles. The van der Waals surface area contributed by atoms with E-state index in [0.29, 0.717) is 0 Å². The number of ether oxygens (including phenoxy) is 1. The van der Waals surface area contributed by atoms with Gasteiger partial charge in [-0.2, -0.15) is 13.2 Å². The predicted molar refractivity (Wildman–Crippen MR) is 110 cm³/mol. The van der Waals surface area contributed by atoms with Crippen LogP contribution in [0, 0.1) is 17.3 Å². The molecule has 0 bridgehead atoms. The van der Waals surface area contributed by atoms with Gasteiger partial charge in [0.05, 0.1) is 5.92 Å². The van der Waals surface area contributed by atoms with Crippen molar-refractivity contribution in [3.8, 4) is 11.1 Å². The van der Waals surface area contributed by atoms with E-state index < -0.39 is 34.4 Å². The molecule has 2 aromatic carbocycles. The highest BCUT2D eigenvalue weighted by Crippen LogP contribution is 2.60. The van der Waals surface area contributed by atoms with E-state index >= 15 is 0 Å². The van der Waals surface area contributed by atoms with E-state index in [4.69, 9.17) is 16.3 Å². The molecular formula is C24H22ClF3O2. The van der Waals surface area contributed by atoms with Gasteiger partial charge in [-0.05, 0) is 52.0 Å². The monoisotopic (exact) mass is 434 g/mol. The number of hydrogen-bond acceptors (Lipinski definition) is 2. The molecule has 2 aromatic rings. The molecule has 0 N–H and O–H groups in total. The molecule has 2 atom stereocenters. The standard InChI is InChI=1S/C24H22ClF3O2/c1-23(2)19(12-20(25)24(26,27)28)21(23)22(29)30-13-15-7-5-9-18-16-8-4-3-6-14(16)10-11-17(15)18/h3-9,12,19,21H,10-11,13H2,1-2H3/b20-12-. The molecule has 0 spiro atoms. The zero-order chi connectivity index (χ0) is 21.7. The zero-order valence-electron chi connectivity index (χ0n) is 16.7. The summed E-state index contributed by atoms with van der Waals surface area (Å²) >= 11 is 5.37. The van der Waals surface area contributed by atoms with Crippen molar-refractivity contribution in [1.29, 1.82) is 0 Å². The summed E-state index contributed by atoms with van der Waals surface area (Å²) in [5, 5.41) is -1.19. The highest BCUT2D eigenvalue weighted by Gasteiger charge is 2.62. The molecule has 0 radical (unpaired) electrons. The van der Waals surface area contributed by atoms with Crippen molar-refractivity contribution in [2.45, 2.75) is 39.5 Å².